The van der Waals surface area contributed by atoms with Crippen LogP contribution in [-0.4, -0.2) is 29.2 Å². The fourth-order valence-corrected chi connectivity index (χ4v) is 3.08. The summed E-state index contributed by atoms with van der Waals surface area (Å²) in [5, 5.41) is 10.0. The van der Waals surface area contributed by atoms with E-state index in [1.165, 1.54) is 12.5 Å². The van der Waals surface area contributed by atoms with Crippen LogP contribution in [0.1, 0.15) is 31.2 Å². The Morgan fingerprint density at radius 1 is 1.39 bits per heavy atom. The van der Waals surface area contributed by atoms with Crippen LogP contribution in [0.25, 0.3) is 0 Å². The molecule has 4 heteroatoms. The number of hydrogen-bond acceptors (Lipinski definition) is 2. The summed E-state index contributed by atoms with van der Waals surface area (Å²) in [6.07, 6.45) is 4.00. The average Bonchev–Trinajstić information content (AvgIpc) is 2.34. The molecule has 100 valence electrons. The summed E-state index contributed by atoms with van der Waals surface area (Å²) in [6, 6.07) is 5.31. The molecule has 0 saturated heterocycles. The van der Waals surface area contributed by atoms with Crippen molar-refractivity contribution in [2.75, 3.05) is 7.05 Å². The fraction of sp³-hybridized carbons (Fsp3) is 0.571. The molecule has 1 aromatic rings. The summed E-state index contributed by atoms with van der Waals surface area (Å²) in [4.78, 5) is 2.17. The summed E-state index contributed by atoms with van der Waals surface area (Å²) in [6.45, 7) is 0.737. The van der Waals surface area contributed by atoms with Gasteiger partial charge in [0.25, 0.3) is 0 Å². The summed E-state index contributed by atoms with van der Waals surface area (Å²) < 4.78 is 13.7. The van der Waals surface area contributed by atoms with E-state index in [1.54, 1.807) is 12.1 Å². The minimum absolute atomic E-state index is 0.225. The molecule has 2 nitrogen and oxygen atoms in total. The highest BCUT2D eigenvalue weighted by Gasteiger charge is 2.26. The first kappa shape index (κ1) is 14.0. The van der Waals surface area contributed by atoms with Gasteiger partial charge in [0.15, 0.2) is 0 Å². The lowest BCUT2D eigenvalue weighted by atomic mass is 9.91. The molecule has 0 aliphatic heterocycles. The Hall–Kier alpha value is -0.450. The van der Waals surface area contributed by atoms with Crippen LogP contribution in [0, 0.1) is 5.82 Å². The van der Waals surface area contributed by atoms with Crippen molar-refractivity contribution < 1.29 is 9.50 Å². The van der Waals surface area contributed by atoms with Crippen LogP contribution in [-0.2, 0) is 6.54 Å². The second-order valence-corrected chi connectivity index (χ2v) is 5.94. The monoisotopic (exact) mass is 315 g/mol. The van der Waals surface area contributed by atoms with Gasteiger partial charge in [-0.25, -0.2) is 4.39 Å². The standard InChI is InChI=1S/C14H19BrFNO/c1-17(13-4-2-3-5-14(13)18)9-10-6-7-12(16)11(15)8-10/h6-8,13-14,18H,2-5,9H2,1H3. The second kappa shape index (κ2) is 6.13. The van der Waals surface area contributed by atoms with Crippen molar-refractivity contribution in [3.63, 3.8) is 0 Å². The van der Waals surface area contributed by atoms with Crippen molar-refractivity contribution in [3.8, 4) is 0 Å². The third kappa shape index (κ3) is 3.31. The molecular formula is C14H19BrFNO. The zero-order valence-electron chi connectivity index (χ0n) is 10.6. The Kier molecular flexibility index (Phi) is 4.76. The Bertz CT molecular complexity index is 413. The van der Waals surface area contributed by atoms with E-state index < -0.39 is 0 Å². The molecule has 0 bridgehead atoms. The van der Waals surface area contributed by atoms with Gasteiger partial charge in [-0.2, -0.15) is 0 Å². The first-order chi connectivity index (χ1) is 8.58. The number of rotatable bonds is 3. The highest BCUT2D eigenvalue weighted by molar-refractivity contribution is 9.10. The smallest absolute Gasteiger partial charge is 0.137 e. The van der Waals surface area contributed by atoms with E-state index in [0.29, 0.717) is 4.47 Å². The van der Waals surface area contributed by atoms with E-state index in [4.69, 9.17) is 0 Å². The molecule has 2 atom stereocenters. The van der Waals surface area contributed by atoms with Crippen LogP contribution in [0.2, 0.25) is 0 Å². The van der Waals surface area contributed by atoms with Gasteiger partial charge in [-0.05, 0) is 53.5 Å². The van der Waals surface area contributed by atoms with Crippen LogP contribution < -0.4 is 0 Å². The Morgan fingerprint density at radius 2 is 2.11 bits per heavy atom. The third-order valence-corrected chi connectivity index (χ3v) is 4.28. The molecule has 1 aliphatic rings. The van der Waals surface area contributed by atoms with E-state index in [0.717, 1.165) is 31.4 Å². The molecular weight excluding hydrogens is 297 g/mol. The quantitative estimate of drug-likeness (QED) is 0.925. The minimum Gasteiger partial charge on any atom is -0.391 e. The Morgan fingerprint density at radius 3 is 2.78 bits per heavy atom. The molecule has 0 radical (unpaired) electrons. The minimum atomic E-state index is -0.237. The van der Waals surface area contributed by atoms with Gasteiger partial charge in [-0.1, -0.05) is 18.9 Å². The lowest BCUT2D eigenvalue weighted by molar-refractivity contribution is 0.0288. The van der Waals surface area contributed by atoms with Gasteiger partial charge in [-0.15, -0.1) is 0 Å². The average molecular weight is 316 g/mol. The highest BCUT2D eigenvalue weighted by atomic mass is 79.9. The second-order valence-electron chi connectivity index (χ2n) is 5.08. The lowest BCUT2D eigenvalue weighted by Gasteiger charge is -2.35. The zero-order valence-corrected chi connectivity index (χ0v) is 12.2. The lowest BCUT2D eigenvalue weighted by Crippen LogP contribution is -2.42. The van der Waals surface area contributed by atoms with Crippen molar-refractivity contribution >= 4 is 15.9 Å². The van der Waals surface area contributed by atoms with E-state index in [-0.39, 0.29) is 18.0 Å². The van der Waals surface area contributed by atoms with E-state index in [1.807, 2.05) is 7.05 Å². The number of likely N-dealkylation sites (N-methyl/N-ethyl adjacent to an activating group) is 1. The fourth-order valence-electron chi connectivity index (χ4n) is 2.65. The van der Waals surface area contributed by atoms with Crippen molar-refractivity contribution in [2.45, 2.75) is 44.4 Å². The van der Waals surface area contributed by atoms with E-state index >= 15 is 0 Å². The summed E-state index contributed by atoms with van der Waals surface area (Å²) in [7, 11) is 2.02. The van der Waals surface area contributed by atoms with Crippen molar-refractivity contribution in [1.29, 1.82) is 0 Å². The molecule has 0 aromatic heterocycles. The molecule has 1 aliphatic carbocycles. The van der Waals surface area contributed by atoms with Gasteiger partial charge >= 0.3 is 0 Å². The molecule has 0 heterocycles. The number of aliphatic hydroxyl groups is 1. The first-order valence-corrected chi connectivity index (χ1v) is 7.19. The number of benzene rings is 1. The van der Waals surface area contributed by atoms with Gasteiger partial charge < -0.3 is 5.11 Å². The first-order valence-electron chi connectivity index (χ1n) is 6.40. The van der Waals surface area contributed by atoms with Gasteiger partial charge in [-0.3, -0.25) is 4.90 Å². The largest absolute Gasteiger partial charge is 0.391 e. The molecule has 0 amide bonds. The van der Waals surface area contributed by atoms with Crippen LogP contribution in [0.5, 0.6) is 0 Å². The van der Waals surface area contributed by atoms with Crippen molar-refractivity contribution in [3.05, 3.63) is 34.1 Å². The topological polar surface area (TPSA) is 23.5 Å². The van der Waals surface area contributed by atoms with Crippen molar-refractivity contribution in [2.24, 2.45) is 0 Å². The molecule has 1 aromatic carbocycles. The molecule has 0 spiro atoms. The predicted octanol–water partition coefficient (Wildman–Crippen LogP) is 3.32. The number of nitrogens with zero attached hydrogens (tertiary/aromatic N) is 1. The van der Waals surface area contributed by atoms with Crippen LogP contribution in [0.15, 0.2) is 22.7 Å². The summed E-state index contributed by atoms with van der Waals surface area (Å²) in [5.74, 6) is -0.237. The molecule has 1 N–H and O–H groups in total. The van der Waals surface area contributed by atoms with Gasteiger partial charge in [0.2, 0.25) is 0 Å². The Balaban J connectivity index is 2.01. The molecule has 18 heavy (non-hydrogen) atoms. The van der Waals surface area contributed by atoms with E-state index in [9.17, 15) is 9.50 Å². The summed E-state index contributed by atoms with van der Waals surface area (Å²) >= 11 is 3.20. The molecule has 1 fully saturated rings. The maximum absolute atomic E-state index is 13.2. The van der Waals surface area contributed by atoms with Crippen LogP contribution >= 0.6 is 15.9 Å². The maximum Gasteiger partial charge on any atom is 0.137 e. The van der Waals surface area contributed by atoms with E-state index in [2.05, 4.69) is 20.8 Å². The number of halogens is 2. The molecule has 2 unspecified atom stereocenters. The van der Waals surface area contributed by atoms with Gasteiger partial charge in [0, 0.05) is 12.6 Å². The number of aliphatic hydroxyl groups excluding tert-OH is 1. The molecule has 2 rings (SSSR count). The predicted molar refractivity (Wildman–Crippen MR) is 73.8 cm³/mol. The highest BCUT2D eigenvalue weighted by Crippen LogP contribution is 2.24. The van der Waals surface area contributed by atoms with Crippen LogP contribution in [0.4, 0.5) is 4.39 Å². The van der Waals surface area contributed by atoms with Gasteiger partial charge in [0.1, 0.15) is 5.82 Å². The maximum atomic E-state index is 13.2. The Labute approximate surface area is 116 Å². The third-order valence-electron chi connectivity index (χ3n) is 3.68. The summed E-state index contributed by atoms with van der Waals surface area (Å²) in [5.41, 5.74) is 1.06. The van der Waals surface area contributed by atoms with Crippen molar-refractivity contribution in [1.82, 2.24) is 4.90 Å². The zero-order chi connectivity index (χ0) is 13.1. The molecule has 1 saturated carbocycles. The number of hydrogen-bond donors (Lipinski definition) is 1. The normalized spacial score (nSPS) is 24.5. The van der Waals surface area contributed by atoms with Crippen LogP contribution in [0.3, 0.4) is 0 Å². The van der Waals surface area contributed by atoms with Gasteiger partial charge in [0.05, 0.1) is 10.6 Å². The SMILES string of the molecule is CN(Cc1ccc(F)c(Br)c1)C1CCCCC1O.